The third-order valence-electron chi connectivity index (χ3n) is 5.84. The monoisotopic (exact) mass is 536 g/mol. The molecule has 11 heteroatoms. The molecule has 0 aliphatic heterocycles. The number of nitrogens with one attached hydrogen (secondary N) is 1. The van der Waals surface area contributed by atoms with Crippen LogP contribution in [0.25, 0.3) is 0 Å². The summed E-state index contributed by atoms with van der Waals surface area (Å²) in [7, 11) is -0.107. The number of anilines is 1. The van der Waals surface area contributed by atoms with E-state index >= 15 is 0 Å². The summed E-state index contributed by atoms with van der Waals surface area (Å²) in [5.41, 5.74) is 0.437. The number of unbranched alkanes of at least 4 members (excludes halogenated alkanes) is 1. The van der Waals surface area contributed by atoms with Gasteiger partial charge >= 0.3 is 10.2 Å². The molecule has 2 amide bonds. The van der Waals surface area contributed by atoms with Crippen LogP contribution in [0.3, 0.4) is 0 Å². The first-order chi connectivity index (χ1) is 17.6. The smallest absolute Gasteiger partial charge is 0.304 e. The second-order valence-electron chi connectivity index (χ2n) is 8.69. The SMILES string of the molecule is CCCCNC(=O)[C@H](CC)N(Cc1cccc(OC)c1)C(=O)CN(c1ccccc1F)S(=O)(=O)N(C)C. The van der Waals surface area contributed by atoms with Gasteiger partial charge < -0.3 is 15.0 Å². The lowest BCUT2D eigenvalue weighted by Crippen LogP contribution is -2.53. The first-order valence-electron chi connectivity index (χ1n) is 12.2. The van der Waals surface area contributed by atoms with E-state index < -0.39 is 34.5 Å². The number of rotatable bonds is 14. The van der Waals surface area contributed by atoms with Crippen molar-refractivity contribution in [2.45, 2.75) is 45.7 Å². The molecule has 0 spiro atoms. The largest absolute Gasteiger partial charge is 0.497 e. The summed E-state index contributed by atoms with van der Waals surface area (Å²) in [6.45, 7) is 3.59. The maximum absolute atomic E-state index is 14.7. The fraction of sp³-hybridized carbons (Fsp3) is 0.462. The maximum atomic E-state index is 14.7. The molecule has 0 saturated heterocycles. The molecule has 2 aromatic rings. The summed E-state index contributed by atoms with van der Waals surface area (Å²) < 4.78 is 47.9. The topological polar surface area (TPSA) is 99.3 Å². The predicted molar refractivity (Wildman–Crippen MR) is 142 cm³/mol. The Morgan fingerprint density at radius 1 is 1.08 bits per heavy atom. The van der Waals surface area contributed by atoms with Crippen LogP contribution in [0.15, 0.2) is 48.5 Å². The van der Waals surface area contributed by atoms with E-state index in [4.69, 9.17) is 4.74 Å². The number of hydrogen-bond acceptors (Lipinski definition) is 5. The zero-order valence-corrected chi connectivity index (χ0v) is 22.9. The number of carbonyl (C=O) groups is 2. The molecule has 2 rings (SSSR count). The first kappa shape index (κ1) is 30.0. The van der Waals surface area contributed by atoms with Crippen molar-refractivity contribution in [3.8, 4) is 5.75 Å². The molecular weight excluding hydrogens is 499 g/mol. The van der Waals surface area contributed by atoms with Crippen LogP contribution in [0.2, 0.25) is 0 Å². The van der Waals surface area contributed by atoms with Crippen LogP contribution in [0, 0.1) is 5.82 Å². The molecule has 0 saturated carbocycles. The minimum absolute atomic E-state index is 0.0306. The molecule has 1 N–H and O–H groups in total. The number of carbonyl (C=O) groups excluding carboxylic acids is 2. The molecule has 204 valence electrons. The summed E-state index contributed by atoms with van der Waals surface area (Å²) in [6, 6.07) is 11.5. The highest BCUT2D eigenvalue weighted by atomic mass is 32.2. The summed E-state index contributed by atoms with van der Waals surface area (Å²) in [4.78, 5) is 28.2. The van der Waals surface area contributed by atoms with Crippen LogP contribution in [-0.4, -0.2) is 69.8 Å². The van der Waals surface area contributed by atoms with E-state index in [0.29, 0.717) is 24.3 Å². The molecule has 0 unspecified atom stereocenters. The lowest BCUT2D eigenvalue weighted by atomic mass is 10.1. The minimum atomic E-state index is -4.24. The number of methoxy groups -OCH3 is 1. The Labute approximate surface area is 219 Å². The Morgan fingerprint density at radius 2 is 1.78 bits per heavy atom. The van der Waals surface area contributed by atoms with E-state index in [0.717, 1.165) is 27.5 Å². The molecule has 0 aliphatic rings. The number of nitrogens with zero attached hydrogens (tertiary/aromatic N) is 3. The second kappa shape index (κ2) is 13.9. The van der Waals surface area contributed by atoms with Gasteiger partial charge in [-0.2, -0.15) is 12.7 Å². The standard InChI is InChI=1S/C26H37FN4O5S/c1-6-8-16-28-26(33)23(7-2)30(18-20-12-11-13-21(17-20)36-5)25(32)19-31(37(34,35)29(3)4)24-15-10-9-14-22(24)27/h9-15,17,23H,6-8,16,18-19H2,1-5H3,(H,28,33)/t23-/m0/s1. The zero-order valence-electron chi connectivity index (χ0n) is 22.1. The third kappa shape index (κ3) is 7.90. The maximum Gasteiger partial charge on any atom is 0.304 e. The summed E-state index contributed by atoms with van der Waals surface area (Å²) in [6.07, 6.45) is 1.98. The van der Waals surface area contributed by atoms with Crippen LogP contribution in [-0.2, 0) is 26.3 Å². The zero-order chi connectivity index (χ0) is 27.6. The van der Waals surface area contributed by atoms with Crippen molar-refractivity contribution < 1.29 is 27.1 Å². The molecule has 0 aliphatic carbocycles. The number of benzene rings is 2. The number of ether oxygens (including phenoxy) is 1. The molecule has 0 bridgehead atoms. The highest BCUT2D eigenvalue weighted by Crippen LogP contribution is 2.24. The Hall–Kier alpha value is -3.18. The van der Waals surface area contributed by atoms with Crippen molar-refractivity contribution in [1.82, 2.24) is 14.5 Å². The average Bonchev–Trinajstić information content (AvgIpc) is 2.87. The van der Waals surface area contributed by atoms with Crippen molar-refractivity contribution >= 4 is 27.7 Å². The van der Waals surface area contributed by atoms with Crippen molar-refractivity contribution in [2.24, 2.45) is 0 Å². The summed E-state index contributed by atoms with van der Waals surface area (Å²) in [5, 5.41) is 2.86. The van der Waals surface area contributed by atoms with Gasteiger partial charge in [0.1, 0.15) is 24.2 Å². The highest BCUT2D eigenvalue weighted by Gasteiger charge is 2.34. The van der Waals surface area contributed by atoms with Gasteiger partial charge in [-0.05, 0) is 42.7 Å². The quantitative estimate of drug-likeness (QED) is 0.374. The molecule has 0 aromatic heterocycles. The van der Waals surface area contributed by atoms with E-state index in [9.17, 15) is 22.4 Å². The van der Waals surface area contributed by atoms with Gasteiger partial charge in [0, 0.05) is 27.2 Å². The van der Waals surface area contributed by atoms with Crippen LogP contribution >= 0.6 is 0 Å². The van der Waals surface area contributed by atoms with Crippen LogP contribution in [0.4, 0.5) is 10.1 Å². The molecule has 37 heavy (non-hydrogen) atoms. The molecule has 0 heterocycles. The minimum Gasteiger partial charge on any atom is -0.497 e. The Bertz CT molecular complexity index is 1160. The van der Waals surface area contributed by atoms with E-state index in [1.165, 1.54) is 44.3 Å². The summed E-state index contributed by atoms with van der Waals surface area (Å²) >= 11 is 0. The number of amides is 2. The van der Waals surface area contributed by atoms with Crippen molar-refractivity contribution in [2.75, 3.05) is 38.6 Å². The van der Waals surface area contributed by atoms with Crippen LogP contribution in [0.1, 0.15) is 38.7 Å². The van der Waals surface area contributed by atoms with Gasteiger partial charge in [0.15, 0.2) is 0 Å². The number of halogens is 1. The van der Waals surface area contributed by atoms with Gasteiger partial charge in [-0.3, -0.25) is 9.59 Å². The average molecular weight is 537 g/mol. The van der Waals surface area contributed by atoms with Crippen LogP contribution in [0.5, 0.6) is 5.75 Å². The van der Waals surface area contributed by atoms with Gasteiger partial charge in [0.05, 0.1) is 12.8 Å². The van der Waals surface area contributed by atoms with E-state index in [1.807, 2.05) is 6.92 Å². The summed E-state index contributed by atoms with van der Waals surface area (Å²) in [5.74, 6) is -1.19. The van der Waals surface area contributed by atoms with E-state index in [-0.39, 0.29) is 18.1 Å². The molecule has 0 fully saturated rings. The van der Waals surface area contributed by atoms with Gasteiger partial charge in [-0.15, -0.1) is 0 Å². The highest BCUT2D eigenvalue weighted by molar-refractivity contribution is 7.90. The predicted octanol–water partition coefficient (Wildman–Crippen LogP) is 3.17. The fourth-order valence-corrected chi connectivity index (χ4v) is 4.81. The molecule has 2 aromatic carbocycles. The van der Waals surface area contributed by atoms with Crippen molar-refractivity contribution in [3.63, 3.8) is 0 Å². The molecule has 9 nitrogen and oxygen atoms in total. The number of hydrogen-bond donors (Lipinski definition) is 1. The molecule has 0 radical (unpaired) electrons. The Balaban J connectivity index is 2.50. The fourth-order valence-electron chi connectivity index (χ4n) is 3.75. The second-order valence-corrected chi connectivity index (χ2v) is 10.8. The lowest BCUT2D eigenvalue weighted by molar-refractivity contribution is -0.140. The van der Waals surface area contributed by atoms with Crippen molar-refractivity contribution in [3.05, 3.63) is 59.9 Å². The first-order valence-corrected chi connectivity index (χ1v) is 13.6. The van der Waals surface area contributed by atoms with E-state index in [2.05, 4.69) is 5.32 Å². The van der Waals surface area contributed by atoms with E-state index in [1.54, 1.807) is 31.2 Å². The Morgan fingerprint density at radius 3 is 2.38 bits per heavy atom. The Kier molecular flexibility index (Phi) is 11.3. The van der Waals surface area contributed by atoms with Gasteiger partial charge in [-0.1, -0.05) is 44.5 Å². The van der Waals surface area contributed by atoms with Crippen molar-refractivity contribution in [1.29, 1.82) is 0 Å². The lowest BCUT2D eigenvalue weighted by Gasteiger charge is -2.34. The van der Waals surface area contributed by atoms with Gasteiger partial charge in [0.2, 0.25) is 11.8 Å². The van der Waals surface area contributed by atoms with Gasteiger partial charge in [0.25, 0.3) is 0 Å². The molecule has 1 atom stereocenters. The normalized spacial score (nSPS) is 12.2. The van der Waals surface area contributed by atoms with Crippen LogP contribution < -0.4 is 14.4 Å². The third-order valence-corrected chi connectivity index (χ3v) is 7.65. The number of para-hydroxylation sites is 1. The van der Waals surface area contributed by atoms with Gasteiger partial charge in [-0.25, -0.2) is 8.70 Å². The molecular formula is C26H37FN4O5S.